The van der Waals surface area contributed by atoms with E-state index in [9.17, 15) is 0 Å². The summed E-state index contributed by atoms with van der Waals surface area (Å²) >= 11 is 0. The highest BCUT2D eigenvalue weighted by molar-refractivity contribution is 5.79. The van der Waals surface area contributed by atoms with E-state index in [0.717, 1.165) is 63.3 Å². The molecule has 2 N–H and O–H groups in total. The zero-order valence-electron chi connectivity index (χ0n) is 16.8. The van der Waals surface area contributed by atoms with Gasteiger partial charge in [-0.25, -0.2) is 0 Å². The molecule has 7 heteroatoms. The molecule has 0 amide bonds. The molecule has 0 aliphatic carbocycles. The predicted octanol–water partition coefficient (Wildman–Crippen LogP) is 2.16. The van der Waals surface area contributed by atoms with E-state index >= 15 is 0 Å². The fourth-order valence-corrected chi connectivity index (χ4v) is 3.59. The highest BCUT2D eigenvalue weighted by Crippen LogP contribution is 2.32. The molecule has 0 aromatic heterocycles. The molecule has 0 atom stereocenters. The number of fused-ring (bicyclic) bond motifs is 1. The van der Waals surface area contributed by atoms with E-state index in [4.69, 9.17) is 14.2 Å². The van der Waals surface area contributed by atoms with Crippen LogP contribution in [0.3, 0.4) is 0 Å². The number of anilines is 1. The normalized spacial score (nSPS) is 16.0. The molecule has 0 bridgehead atoms. The third kappa shape index (κ3) is 4.92. The van der Waals surface area contributed by atoms with Crippen LogP contribution < -0.4 is 25.0 Å². The standard InChI is InChI=1S/C22H28N4O3/c1-23-22(24-9-8-17-6-7-20-21(14-17)29-16-28-20)25-15-18-4-2-3-5-19(18)26-10-12-27-13-11-26/h2-7,14H,8-13,15-16H2,1H3,(H2,23,24,25). The first kappa shape index (κ1) is 19.4. The van der Waals surface area contributed by atoms with Gasteiger partial charge in [-0.15, -0.1) is 0 Å². The highest BCUT2D eigenvalue weighted by Gasteiger charge is 2.15. The van der Waals surface area contributed by atoms with Crippen LogP contribution in [0.4, 0.5) is 5.69 Å². The van der Waals surface area contributed by atoms with Crippen LogP contribution in [0.15, 0.2) is 47.5 Å². The fourth-order valence-electron chi connectivity index (χ4n) is 3.59. The topological polar surface area (TPSA) is 67.4 Å². The molecule has 4 rings (SSSR count). The van der Waals surface area contributed by atoms with Crippen LogP contribution in [0.2, 0.25) is 0 Å². The van der Waals surface area contributed by atoms with Gasteiger partial charge in [-0.1, -0.05) is 24.3 Å². The second kappa shape index (κ2) is 9.52. The van der Waals surface area contributed by atoms with Crippen LogP contribution in [-0.4, -0.2) is 52.6 Å². The lowest BCUT2D eigenvalue weighted by Gasteiger charge is -2.30. The lowest BCUT2D eigenvalue weighted by atomic mass is 10.1. The molecule has 2 aliphatic rings. The van der Waals surface area contributed by atoms with Gasteiger partial charge in [-0.2, -0.15) is 0 Å². The first-order chi connectivity index (χ1) is 14.3. The molecule has 2 aliphatic heterocycles. The number of nitrogens with one attached hydrogen (secondary N) is 2. The van der Waals surface area contributed by atoms with Crippen LogP contribution in [0, 0.1) is 0 Å². The molecule has 0 spiro atoms. The Morgan fingerprint density at radius 2 is 1.86 bits per heavy atom. The molecular weight excluding hydrogens is 368 g/mol. The first-order valence-corrected chi connectivity index (χ1v) is 10.1. The summed E-state index contributed by atoms with van der Waals surface area (Å²) in [7, 11) is 1.80. The van der Waals surface area contributed by atoms with Crippen LogP contribution in [0.1, 0.15) is 11.1 Å². The maximum atomic E-state index is 5.48. The van der Waals surface area contributed by atoms with Crippen molar-refractivity contribution in [3.8, 4) is 11.5 Å². The average Bonchev–Trinajstić information content (AvgIpc) is 3.25. The number of morpholine rings is 1. The Balaban J connectivity index is 1.29. The number of benzene rings is 2. The van der Waals surface area contributed by atoms with Gasteiger partial charge in [0.05, 0.1) is 13.2 Å². The lowest BCUT2D eigenvalue weighted by Crippen LogP contribution is -2.39. The van der Waals surface area contributed by atoms with E-state index in [1.165, 1.54) is 16.8 Å². The Hall–Kier alpha value is -2.93. The largest absolute Gasteiger partial charge is 0.454 e. The molecular formula is C22H28N4O3. The van der Waals surface area contributed by atoms with Crippen molar-refractivity contribution in [2.75, 3.05) is 51.6 Å². The number of para-hydroxylation sites is 1. The molecule has 0 saturated carbocycles. The maximum Gasteiger partial charge on any atom is 0.231 e. The number of hydrogen-bond donors (Lipinski definition) is 2. The Bertz CT molecular complexity index is 850. The number of rotatable bonds is 6. The molecule has 2 aromatic rings. The van der Waals surface area contributed by atoms with E-state index < -0.39 is 0 Å². The fraction of sp³-hybridized carbons (Fsp3) is 0.409. The molecule has 1 fully saturated rings. The number of hydrogen-bond acceptors (Lipinski definition) is 5. The van der Waals surface area contributed by atoms with Crippen LogP contribution >= 0.6 is 0 Å². The van der Waals surface area contributed by atoms with Crippen molar-refractivity contribution in [3.63, 3.8) is 0 Å². The minimum Gasteiger partial charge on any atom is -0.454 e. The summed E-state index contributed by atoms with van der Waals surface area (Å²) in [5, 5.41) is 6.82. The van der Waals surface area contributed by atoms with E-state index in [1.807, 2.05) is 12.1 Å². The Morgan fingerprint density at radius 1 is 1.03 bits per heavy atom. The monoisotopic (exact) mass is 396 g/mol. The van der Waals surface area contributed by atoms with E-state index in [-0.39, 0.29) is 0 Å². The third-order valence-electron chi connectivity index (χ3n) is 5.16. The number of aliphatic imine (C=N–C) groups is 1. The van der Waals surface area contributed by atoms with Crippen molar-refractivity contribution in [1.29, 1.82) is 0 Å². The summed E-state index contributed by atoms with van der Waals surface area (Å²) in [5.41, 5.74) is 3.72. The predicted molar refractivity (Wildman–Crippen MR) is 114 cm³/mol. The average molecular weight is 396 g/mol. The minimum absolute atomic E-state index is 0.305. The summed E-state index contributed by atoms with van der Waals surface area (Å²) in [5.74, 6) is 2.44. The van der Waals surface area contributed by atoms with Crippen LogP contribution in [0.25, 0.3) is 0 Å². The van der Waals surface area contributed by atoms with Crippen molar-refractivity contribution in [2.24, 2.45) is 4.99 Å². The molecule has 7 nitrogen and oxygen atoms in total. The van der Waals surface area contributed by atoms with Crippen LogP contribution in [0.5, 0.6) is 11.5 Å². The minimum atomic E-state index is 0.305. The first-order valence-electron chi connectivity index (χ1n) is 10.1. The Labute approximate surface area is 171 Å². The molecule has 154 valence electrons. The van der Waals surface area contributed by atoms with Gasteiger partial charge in [0.25, 0.3) is 0 Å². The Kier molecular flexibility index (Phi) is 6.36. The smallest absolute Gasteiger partial charge is 0.231 e. The zero-order chi connectivity index (χ0) is 19.9. The van der Waals surface area contributed by atoms with Crippen molar-refractivity contribution in [2.45, 2.75) is 13.0 Å². The van der Waals surface area contributed by atoms with Gasteiger partial charge in [0.2, 0.25) is 6.79 Å². The molecule has 29 heavy (non-hydrogen) atoms. The maximum absolute atomic E-state index is 5.48. The van der Waals surface area contributed by atoms with Crippen molar-refractivity contribution in [3.05, 3.63) is 53.6 Å². The number of nitrogens with zero attached hydrogens (tertiary/aromatic N) is 2. The molecule has 0 unspecified atom stereocenters. The lowest BCUT2D eigenvalue weighted by molar-refractivity contribution is 0.122. The summed E-state index contributed by atoms with van der Waals surface area (Å²) in [4.78, 5) is 6.74. The SMILES string of the molecule is CN=C(NCCc1ccc2c(c1)OCO2)NCc1ccccc1N1CCOCC1. The zero-order valence-corrected chi connectivity index (χ0v) is 16.8. The van der Waals surface area contributed by atoms with Crippen molar-refractivity contribution < 1.29 is 14.2 Å². The van der Waals surface area contributed by atoms with E-state index in [0.29, 0.717) is 6.79 Å². The van der Waals surface area contributed by atoms with Crippen molar-refractivity contribution >= 4 is 11.6 Å². The summed E-state index contributed by atoms with van der Waals surface area (Å²) in [6, 6.07) is 14.6. The number of ether oxygens (including phenoxy) is 3. The quantitative estimate of drug-likeness (QED) is 0.576. The molecule has 2 heterocycles. The second-order valence-electron chi connectivity index (χ2n) is 7.02. The van der Waals surface area contributed by atoms with E-state index in [2.05, 4.69) is 50.9 Å². The summed E-state index contributed by atoms with van der Waals surface area (Å²) in [6.07, 6.45) is 0.877. The van der Waals surface area contributed by atoms with Gasteiger partial charge in [0.15, 0.2) is 17.5 Å². The van der Waals surface area contributed by atoms with Gasteiger partial charge in [0.1, 0.15) is 0 Å². The van der Waals surface area contributed by atoms with E-state index in [1.54, 1.807) is 7.05 Å². The van der Waals surface area contributed by atoms with Gasteiger partial charge < -0.3 is 29.7 Å². The second-order valence-corrected chi connectivity index (χ2v) is 7.02. The Morgan fingerprint density at radius 3 is 2.72 bits per heavy atom. The highest BCUT2D eigenvalue weighted by atomic mass is 16.7. The van der Waals surface area contributed by atoms with Gasteiger partial charge in [-0.05, 0) is 35.7 Å². The summed E-state index contributed by atoms with van der Waals surface area (Å²) < 4.78 is 16.3. The molecule has 1 saturated heterocycles. The molecule has 0 radical (unpaired) electrons. The van der Waals surface area contributed by atoms with Crippen molar-refractivity contribution in [1.82, 2.24) is 10.6 Å². The van der Waals surface area contributed by atoms with Crippen LogP contribution in [-0.2, 0) is 17.7 Å². The van der Waals surface area contributed by atoms with Gasteiger partial charge in [0, 0.05) is 38.9 Å². The van der Waals surface area contributed by atoms with Gasteiger partial charge >= 0.3 is 0 Å². The molecule has 2 aromatic carbocycles. The summed E-state index contributed by atoms with van der Waals surface area (Å²) in [6.45, 7) is 5.23. The third-order valence-corrected chi connectivity index (χ3v) is 5.16. The number of guanidine groups is 1. The van der Waals surface area contributed by atoms with Gasteiger partial charge in [-0.3, -0.25) is 4.99 Å².